The van der Waals surface area contributed by atoms with E-state index >= 15 is 0 Å². The fourth-order valence-corrected chi connectivity index (χ4v) is 4.55. The minimum absolute atomic E-state index is 0.242. The Morgan fingerprint density at radius 1 is 1.00 bits per heavy atom. The fraction of sp³-hybridized carbons (Fsp3) is 0.280. The van der Waals surface area contributed by atoms with Crippen molar-refractivity contribution in [2.45, 2.75) is 31.0 Å². The van der Waals surface area contributed by atoms with Crippen LogP contribution in [-0.4, -0.2) is 57.7 Å². The Bertz CT molecular complexity index is 1300. The van der Waals surface area contributed by atoms with E-state index in [4.69, 9.17) is 30.5 Å². The zero-order valence-electron chi connectivity index (χ0n) is 18.1. The van der Waals surface area contributed by atoms with Gasteiger partial charge in [-0.15, -0.1) is 0 Å². The second kappa shape index (κ2) is 8.88. The summed E-state index contributed by atoms with van der Waals surface area (Å²) in [4.78, 5) is 12.2. The number of nitrogens with one attached hydrogen (secondary N) is 1. The molecule has 6 rings (SSSR count). The minimum atomic E-state index is -0.632. The molecule has 4 heterocycles. The monoisotopic (exact) mass is 479 g/mol. The van der Waals surface area contributed by atoms with Crippen molar-refractivity contribution >= 4 is 22.8 Å². The molecule has 2 fully saturated rings. The van der Waals surface area contributed by atoms with E-state index in [1.807, 2.05) is 54.6 Å². The molecule has 4 aromatic rings. The van der Waals surface area contributed by atoms with Crippen LogP contribution in [0.4, 0.5) is 0 Å². The highest BCUT2D eigenvalue weighted by atomic mass is 35.5. The number of ether oxygens (including phenoxy) is 4. The number of aliphatic hydroxyl groups excluding tert-OH is 1. The van der Waals surface area contributed by atoms with Gasteiger partial charge in [0.2, 0.25) is 0 Å². The van der Waals surface area contributed by atoms with E-state index in [1.165, 1.54) is 0 Å². The van der Waals surface area contributed by atoms with Gasteiger partial charge in [0.05, 0.1) is 29.4 Å². The number of pyridine rings is 1. The van der Waals surface area contributed by atoms with Crippen LogP contribution in [0, 0.1) is 0 Å². The third-order valence-corrected chi connectivity index (χ3v) is 6.31. The van der Waals surface area contributed by atoms with E-state index in [-0.39, 0.29) is 24.9 Å². The fourth-order valence-electron chi connectivity index (χ4n) is 4.29. The van der Waals surface area contributed by atoms with Crippen LogP contribution in [0.3, 0.4) is 0 Å². The largest absolute Gasteiger partial charge is 0.489 e. The van der Waals surface area contributed by atoms with E-state index in [9.17, 15) is 5.11 Å². The predicted molar refractivity (Wildman–Crippen MR) is 125 cm³/mol. The second-order valence-electron chi connectivity index (χ2n) is 8.35. The number of aromatic amines is 1. The van der Waals surface area contributed by atoms with E-state index in [2.05, 4.69) is 15.0 Å². The lowest BCUT2D eigenvalue weighted by atomic mass is 10.1. The summed E-state index contributed by atoms with van der Waals surface area (Å²) in [7, 11) is 0. The first-order chi connectivity index (χ1) is 16.6. The van der Waals surface area contributed by atoms with Crippen molar-refractivity contribution in [3.63, 3.8) is 0 Å². The lowest BCUT2D eigenvalue weighted by Gasteiger charge is -2.15. The lowest BCUT2D eigenvalue weighted by molar-refractivity contribution is 0.00706. The van der Waals surface area contributed by atoms with Gasteiger partial charge in [0.15, 0.2) is 11.8 Å². The molecule has 9 heteroatoms. The van der Waals surface area contributed by atoms with Crippen molar-refractivity contribution in [3.8, 4) is 23.0 Å². The van der Waals surface area contributed by atoms with Crippen LogP contribution in [0.15, 0.2) is 60.7 Å². The third kappa shape index (κ3) is 4.10. The van der Waals surface area contributed by atoms with Gasteiger partial charge in [0, 0.05) is 5.56 Å². The Balaban J connectivity index is 1.18. The van der Waals surface area contributed by atoms with Crippen LogP contribution < -0.4 is 9.47 Å². The molecule has 2 saturated heterocycles. The summed E-state index contributed by atoms with van der Waals surface area (Å²) in [6.45, 7) is 1.06. The van der Waals surface area contributed by atoms with Gasteiger partial charge in [-0.05, 0) is 35.9 Å². The molecular formula is C25H22ClN3O5. The molecule has 2 aliphatic rings. The van der Waals surface area contributed by atoms with Crippen molar-refractivity contribution < 1.29 is 24.1 Å². The number of H-pyrrole nitrogens is 1. The van der Waals surface area contributed by atoms with Crippen LogP contribution in [0.1, 0.15) is 5.56 Å². The van der Waals surface area contributed by atoms with Crippen LogP contribution in [-0.2, 0) is 16.1 Å². The molecule has 2 aromatic carbocycles. The van der Waals surface area contributed by atoms with Crippen molar-refractivity contribution in [1.82, 2.24) is 15.0 Å². The van der Waals surface area contributed by atoms with Crippen molar-refractivity contribution in [1.29, 1.82) is 0 Å². The summed E-state index contributed by atoms with van der Waals surface area (Å²) in [6.07, 6.45) is -1.68. The number of benzene rings is 2. The molecule has 0 saturated carbocycles. The zero-order chi connectivity index (χ0) is 23.1. The number of rotatable bonds is 6. The smallest absolute Gasteiger partial charge is 0.296 e. The number of halogens is 1. The van der Waals surface area contributed by atoms with E-state index in [0.29, 0.717) is 41.1 Å². The number of aliphatic hydroxyl groups is 1. The van der Waals surface area contributed by atoms with Gasteiger partial charge in [-0.1, -0.05) is 41.9 Å². The van der Waals surface area contributed by atoms with Gasteiger partial charge in [-0.3, -0.25) is 0 Å². The molecule has 0 aliphatic carbocycles. The highest BCUT2D eigenvalue weighted by molar-refractivity contribution is 6.33. The zero-order valence-corrected chi connectivity index (χ0v) is 18.8. The molecular weight excluding hydrogens is 458 g/mol. The quantitative estimate of drug-likeness (QED) is 0.434. The molecule has 0 spiro atoms. The van der Waals surface area contributed by atoms with E-state index < -0.39 is 6.10 Å². The number of aromatic nitrogens is 3. The Kier molecular flexibility index (Phi) is 5.58. The minimum Gasteiger partial charge on any atom is -0.489 e. The number of fused-ring (bicyclic) bond motifs is 2. The Hall–Kier alpha value is -3.17. The van der Waals surface area contributed by atoms with Gasteiger partial charge in [0.25, 0.3) is 6.01 Å². The van der Waals surface area contributed by atoms with E-state index in [0.717, 1.165) is 16.9 Å². The van der Waals surface area contributed by atoms with Gasteiger partial charge in [-0.2, -0.15) is 4.98 Å². The van der Waals surface area contributed by atoms with Crippen LogP contribution in [0.25, 0.3) is 22.4 Å². The number of hydrogen-bond donors (Lipinski definition) is 2. The molecule has 4 atom stereocenters. The summed E-state index contributed by atoms with van der Waals surface area (Å²) in [5, 5.41) is 10.4. The molecule has 0 unspecified atom stereocenters. The standard InChI is InChI=1S/C25H22ClN3O5/c26-17-10-18-24(29-25(27-18)34-20-13-33-22-19(30)12-32-23(20)22)28-21(17)15-6-8-16(9-7-15)31-11-14-4-2-1-3-5-14/h1-10,19-20,22-23,30H,11-13H2,(H,27,28,29)/t19-,20-,22-,23-/m1/s1. The topological polar surface area (TPSA) is 98.7 Å². The lowest BCUT2D eigenvalue weighted by Crippen LogP contribution is -2.34. The first kappa shape index (κ1) is 21.4. The molecule has 2 N–H and O–H groups in total. The van der Waals surface area contributed by atoms with Crippen molar-refractivity contribution in [3.05, 3.63) is 71.2 Å². The third-order valence-electron chi connectivity index (χ3n) is 6.03. The first-order valence-electron chi connectivity index (χ1n) is 11.1. The summed E-state index contributed by atoms with van der Waals surface area (Å²) in [5.74, 6) is 0.761. The maximum atomic E-state index is 9.90. The Morgan fingerprint density at radius 2 is 1.79 bits per heavy atom. The maximum absolute atomic E-state index is 9.90. The summed E-state index contributed by atoms with van der Waals surface area (Å²) in [5.41, 5.74) is 3.72. The average molecular weight is 480 g/mol. The van der Waals surface area contributed by atoms with Gasteiger partial charge in [0.1, 0.15) is 30.7 Å². The molecule has 34 heavy (non-hydrogen) atoms. The van der Waals surface area contributed by atoms with Crippen LogP contribution >= 0.6 is 11.6 Å². The summed E-state index contributed by atoms with van der Waals surface area (Å²) in [6, 6.07) is 19.7. The molecule has 2 aliphatic heterocycles. The van der Waals surface area contributed by atoms with E-state index in [1.54, 1.807) is 6.07 Å². The predicted octanol–water partition coefficient (Wildman–Crippen LogP) is 3.76. The van der Waals surface area contributed by atoms with Crippen molar-refractivity contribution in [2.24, 2.45) is 0 Å². The molecule has 0 radical (unpaired) electrons. The highest BCUT2D eigenvalue weighted by Gasteiger charge is 2.48. The number of imidazole rings is 1. The van der Waals surface area contributed by atoms with Gasteiger partial charge in [-0.25, -0.2) is 4.98 Å². The summed E-state index contributed by atoms with van der Waals surface area (Å²) >= 11 is 6.54. The normalized spacial score (nSPS) is 23.8. The molecule has 0 amide bonds. The Labute approximate surface area is 200 Å². The molecule has 8 nitrogen and oxygen atoms in total. The maximum Gasteiger partial charge on any atom is 0.296 e. The van der Waals surface area contributed by atoms with Gasteiger partial charge < -0.3 is 29.0 Å². The average Bonchev–Trinajstić information content (AvgIpc) is 3.55. The molecule has 2 aromatic heterocycles. The molecule has 174 valence electrons. The molecule has 0 bridgehead atoms. The van der Waals surface area contributed by atoms with Gasteiger partial charge >= 0.3 is 0 Å². The van der Waals surface area contributed by atoms with Crippen LogP contribution in [0.5, 0.6) is 11.8 Å². The van der Waals surface area contributed by atoms with Crippen LogP contribution in [0.2, 0.25) is 5.02 Å². The number of hydrogen-bond acceptors (Lipinski definition) is 7. The van der Waals surface area contributed by atoms with Crippen molar-refractivity contribution in [2.75, 3.05) is 13.2 Å². The first-order valence-corrected chi connectivity index (χ1v) is 11.4. The second-order valence-corrected chi connectivity index (χ2v) is 8.76. The SMILES string of the molecule is O[C@@H]1CO[C@H]2[C@@H]1OC[C@H]2Oc1nc2nc(-c3ccc(OCc4ccccc4)cc3)c(Cl)cc2[nH]1. The summed E-state index contributed by atoms with van der Waals surface area (Å²) < 4.78 is 23.0. The highest BCUT2D eigenvalue weighted by Crippen LogP contribution is 2.32. The Morgan fingerprint density at radius 3 is 2.62 bits per heavy atom. The number of nitrogens with zero attached hydrogens (tertiary/aromatic N) is 2.